The van der Waals surface area contributed by atoms with Gasteiger partial charge in [0, 0.05) is 41.7 Å². The van der Waals surface area contributed by atoms with Gasteiger partial charge >= 0.3 is 0 Å². The van der Waals surface area contributed by atoms with Gasteiger partial charge in [0.15, 0.2) is 0 Å². The van der Waals surface area contributed by atoms with Crippen molar-refractivity contribution >= 4 is 50.7 Å². The smallest absolute Gasteiger partial charge is 0.242 e. The maximum atomic E-state index is 13.4. The predicted molar refractivity (Wildman–Crippen MR) is 144 cm³/mol. The molecular formula is C25H33Cl2N3O5S. The molecule has 2 rings (SSSR count). The molecule has 2 aromatic carbocycles. The molecule has 0 aliphatic heterocycles. The van der Waals surface area contributed by atoms with E-state index < -0.39 is 16.1 Å². The molecule has 0 heterocycles. The molecule has 0 bridgehead atoms. The van der Waals surface area contributed by atoms with Gasteiger partial charge in [-0.2, -0.15) is 0 Å². The second-order valence-corrected chi connectivity index (χ2v) is 10.9. The highest BCUT2D eigenvalue weighted by Gasteiger charge is 2.30. The Balaban J connectivity index is 2.28. The summed E-state index contributed by atoms with van der Waals surface area (Å²) >= 11 is 12.7. The quantitative estimate of drug-likeness (QED) is 0.391. The minimum Gasteiger partial charge on any atom is -0.495 e. The topological polar surface area (TPSA) is 96.0 Å². The molecule has 11 heteroatoms. The molecule has 2 amide bonds. The number of rotatable bonds is 13. The lowest BCUT2D eigenvalue weighted by Gasteiger charge is -2.31. The van der Waals surface area contributed by atoms with Crippen LogP contribution < -0.4 is 14.4 Å². The van der Waals surface area contributed by atoms with Crippen LogP contribution in [0.5, 0.6) is 5.75 Å². The maximum Gasteiger partial charge on any atom is 0.242 e. The second-order valence-electron chi connectivity index (χ2n) is 8.15. The molecule has 1 unspecified atom stereocenters. The van der Waals surface area contributed by atoms with Crippen LogP contribution in [0.3, 0.4) is 0 Å². The Labute approximate surface area is 223 Å². The fraction of sp³-hybridized carbons (Fsp3) is 0.440. The number of benzene rings is 2. The Hall–Kier alpha value is -2.49. The number of ether oxygens (including phenoxy) is 1. The highest BCUT2D eigenvalue weighted by Crippen LogP contribution is 2.30. The molecule has 0 aliphatic carbocycles. The van der Waals surface area contributed by atoms with E-state index in [1.54, 1.807) is 49.4 Å². The summed E-state index contributed by atoms with van der Waals surface area (Å²) in [6, 6.07) is 11.1. The van der Waals surface area contributed by atoms with Crippen LogP contribution in [0.4, 0.5) is 5.69 Å². The lowest BCUT2D eigenvalue weighted by molar-refractivity contribution is -0.141. The third-order valence-corrected chi connectivity index (χ3v) is 7.52. The molecule has 8 nitrogen and oxygen atoms in total. The van der Waals surface area contributed by atoms with E-state index in [-0.39, 0.29) is 37.7 Å². The van der Waals surface area contributed by atoms with Gasteiger partial charge < -0.3 is 15.0 Å². The van der Waals surface area contributed by atoms with Crippen LogP contribution in [0.15, 0.2) is 42.5 Å². The van der Waals surface area contributed by atoms with Crippen molar-refractivity contribution in [2.75, 3.05) is 30.8 Å². The maximum absolute atomic E-state index is 13.4. The number of anilines is 1. The largest absolute Gasteiger partial charge is 0.495 e. The summed E-state index contributed by atoms with van der Waals surface area (Å²) < 4.78 is 31.6. The van der Waals surface area contributed by atoms with Crippen LogP contribution in [0.25, 0.3) is 0 Å². The minimum absolute atomic E-state index is 0.0130. The lowest BCUT2D eigenvalue weighted by Crippen LogP contribution is -2.49. The first-order valence-corrected chi connectivity index (χ1v) is 14.3. The number of carbonyl (C=O) groups is 2. The average molecular weight is 559 g/mol. The van der Waals surface area contributed by atoms with Crippen LogP contribution in [0.1, 0.15) is 38.7 Å². The number of hydrogen-bond acceptors (Lipinski definition) is 5. The van der Waals surface area contributed by atoms with Gasteiger partial charge in [-0.25, -0.2) is 8.42 Å². The first-order chi connectivity index (χ1) is 17.0. The number of hydrogen-bond donors (Lipinski definition) is 1. The fourth-order valence-electron chi connectivity index (χ4n) is 3.88. The van der Waals surface area contributed by atoms with Gasteiger partial charge in [0.2, 0.25) is 21.8 Å². The SMILES string of the molecule is CCNC(=O)C(CC)N(Cc1c(Cl)cccc1Cl)C(=O)CCCN(c1ccccc1OC)S(C)(=O)=O. The zero-order valence-electron chi connectivity index (χ0n) is 21.0. The minimum atomic E-state index is -3.64. The van der Waals surface area contributed by atoms with Crippen LogP contribution in [0, 0.1) is 0 Å². The predicted octanol–water partition coefficient (Wildman–Crippen LogP) is 4.49. The van der Waals surface area contributed by atoms with Crippen LogP contribution in [0.2, 0.25) is 10.0 Å². The van der Waals surface area contributed by atoms with Crippen molar-refractivity contribution in [3.8, 4) is 5.75 Å². The van der Waals surface area contributed by atoms with Crippen molar-refractivity contribution in [1.82, 2.24) is 10.2 Å². The summed E-state index contributed by atoms with van der Waals surface area (Å²) in [6.45, 7) is 4.16. The zero-order chi connectivity index (χ0) is 26.9. The van der Waals surface area contributed by atoms with Gasteiger partial charge in [-0.05, 0) is 44.0 Å². The molecule has 0 radical (unpaired) electrons. The van der Waals surface area contributed by atoms with E-state index >= 15 is 0 Å². The molecule has 1 N–H and O–H groups in total. The highest BCUT2D eigenvalue weighted by molar-refractivity contribution is 7.92. The second kappa shape index (κ2) is 13.7. The molecule has 0 aromatic heterocycles. The molecule has 0 spiro atoms. The van der Waals surface area contributed by atoms with Crippen LogP contribution >= 0.6 is 23.2 Å². The van der Waals surface area contributed by atoms with E-state index in [2.05, 4.69) is 5.32 Å². The number of methoxy groups -OCH3 is 1. The van der Waals surface area contributed by atoms with E-state index in [0.717, 1.165) is 6.26 Å². The number of nitrogens with one attached hydrogen (secondary N) is 1. The van der Waals surface area contributed by atoms with Gasteiger partial charge in [0.1, 0.15) is 11.8 Å². The van der Waals surface area contributed by atoms with Crippen molar-refractivity contribution < 1.29 is 22.7 Å². The molecule has 1 atom stereocenters. The monoisotopic (exact) mass is 557 g/mol. The van der Waals surface area contributed by atoms with Crippen LogP contribution in [-0.2, 0) is 26.2 Å². The summed E-state index contributed by atoms with van der Waals surface area (Å²) in [7, 11) is -2.18. The Bertz CT molecular complexity index is 1140. The normalized spacial score (nSPS) is 12.1. The van der Waals surface area contributed by atoms with Crippen molar-refractivity contribution in [3.05, 3.63) is 58.1 Å². The van der Waals surface area contributed by atoms with E-state index in [1.165, 1.54) is 16.3 Å². The summed E-state index contributed by atoms with van der Waals surface area (Å²) in [5.74, 6) is -0.174. The Morgan fingerprint density at radius 3 is 2.25 bits per heavy atom. The number of nitrogens with zero attached hydrogens (tertiary/aromatic N) is 2. The highest BCUT2D eigenvalue weighted by atomic mass is 35.5. The number of halogens is 2. The number of para-hydroxylation sites is 2. The van der Waals surface area contributed by atoms with E-state index in [0.29, 0.717) is 40.0 Å². The fourth-order valence-corrected chi connectivity index (χ4v) is 5.37. The zero-order valence-corrected chi connectivity index (χ0v) is 23.3. The summed E-state index contributed by atoms with van der Waals surface area (Å²) in [5.41, 5.74) is 0.937. The summed E-state index contributed by atoms with van der Waals surface area (Å²) in [5, 5.41) is 3.56. The van der Waals surface area contributed by atoms with Gasteiger partial charge in [-0.1, -0.05) is 48.3 Å². The summed E-state index contributed by atoms with van der Waals surface area (Å²) in [4.78, 5) is 27.7. The number of sulfonamides is 1. The van der Waals surface area contributed by atoms with E-state index in [9.17, 15) is 18.0 Å². The van der Waals surface area contributed by atoms with E-state index in [4.69, 9.17) is 27.9 Å². The third-order valence-electron chi connectivity index (χ3n) is 5.63. The van der Waals surface area contributed by atoms with Crippen molar-refractivity contribution in [2.45, 2.75) is 45.7 Å². The molecule has 0 saturated carbocycles. The van der Waals surface area contributed by atoms with Gasteiger partial charge in [0.25, 0.3) is 0 Å². The number of carbonyl (C=O) groups excluding carboxylic acids is 2. The molecule has 36 heavy (non-hydrogen) atoms. The number of likely N-dealkylation sites (N-methyl/N-ethyl adjacent to an activating group) is 1. The Morgan fingerprint density at radius 2 is 1.69 bits per heavy atom. The van der Waals surface area contributed by atoms with Crippen LogP contribution in [-0.4, -0.2) is 57.6 Å². The van der Waals surface area contributed by atoms with Crippen molar-refractivity contribution in [3.63, 3.8) is 0 Å². The van der Waals surface area contributed by atoms with E-state index in [1.807, 2.05) is 6.92 Å². The first kappa shape index (κ1) is 29.7. The molecular weight excluding hydrogens is 525 g/mol. The van der Waals surface area contributed by atoms with Crippen molar-refractivity contribution in [2.24, 2.45) is 0 Å². The Kier molecular flexibility index (Phi) is 11.3. The summed E-state index contributed by atoms with van der Waals surface area (Å²) in [6.07, 6.45) is 1.73. The third kappa shape index (κ3) is 7.75. The number of amides is 2. The first-order valence-electron chi connectivity index (χ1n) is 11.7. The molecule has 0 fully saturated rings. The molecule has 0 aliphatic rings. The van der Waals surface area contributed by atoms with Gasteiger partial charge in [-0.3, -0.25) is 13.9 Å². The average Bonchev–Trinajstić information content (AvgIpc) is 2.82. The molecule has 2 aromatic rings. The van der Waals surface area contributed by atoms with Crippen molar-refractivity contribution in [1.29, 1.82) is 0 Å². The Morgan fingerprint density at radius 1 is 1.06 bits per heavy atom. The van der Waals surface area contributed by atoms with Gasteiger partial charge in [0.05, 0.1) is 19.1 Å². The lowest BCUT2D eigenvalue weighted by atomic mass is 10.1. The standard InChI is InChI=1S/C25H33Cl2N3O5S/c1-5-21(25(32)28-6-2)29(17-18-19(26)11-9-12-20(18)27)24(31)15-10-16-30(36(4,33)34)22-13-7-8-14-23(22)35-3/h7-9,11-14,21H,5-6,10,15-17H2,1-4H3,(H,28,32). The van der Waals surface area contributed by atoms with Gasteiger partial charge in [-0.15, -0.1) is 0 Å². The molecule has 0 saturated heterocycles. The molecule has 198 valence electrons.